The van der Waals surface area contributed by atoms with Gasteiger partial charge in [0.25, 0.3) is 0 Å². The molecule has 4 saturated carbocycles. The Bertz CT molecular complexity index is 883. The van der Waals surface area contributed by atoms with Crippen molar-refractivity contribution < 1.29 is 33.8 Å². The van der Waals surface area contributed by atoms with E-state index in [9.17, 15) is 24.3 Å². The molecule has 4 rings (SSSR count). The van der Waals surface area contributed by atoms with Gasteiger partial charge >= 0.3 is 17.9 Å². The van der Waals surface area contributed by atoms with Crippen molar-refractivity contribution in [1.82, 2.24) is 0 Å². The molecule has 4 aliphatic carbocycles. The van der Waals surface area contributed by atoms with Crippen molar-refractivity contribution >= 4 is 23.7 Å². The van der Waals surface area contributed by atoms with Crippen LogP contribution in [0.2, 0.25) is 0 Å². The van der Waals surface area contributed by atoms with Gasteiger partial charge in [-0.2, -0.15) is 0 Å². The first kappa shape index (κ1) is 26.2. The van der Waals surface area contributed by atoms with Gasteiger partial charge < -0.3 is 14.6 Å². The second-order valence-corrected chi connectivity index (χ2v) is 12.4. The molecule has 0 heterocycles. The zero-order chi connectivity index (χ0) is 25.7. The van der Waals surface area contributed by atoms with E-state index in [4.69, 9.17) is 9.47 Å². The van der Waals surface area contributed by atoms with Crippen LogP contribution in [0.4, 0.5) is 0 Å². The highest BCUT2D eigenvalue weighted by Gasteiger charge is 2.67. The first-order chi connectivity index (χ1) is 16.4. The molecule has 35 heavy (non-hydrogen) atoms. The van der Waals surface area contributed by atoms with E-state index >= 15 is 0 Å². The van der Waals surface area contributed by atoms with Gasteiger partial charge in [-0.3, -0.25) is 19.2 Å². The number of hydrogen-bond donors (Lipinski definition) is 1. The summed E-state index contributed by atoms with van der Waals surface area (Å²) in [5, 5.41) is 9.26. The van der Waals surface area contributed by atoms with Crippen LogP contribution in [0.5, 0.6) is 0 Å². The van der Waals surface area contributed by atoms with Crippen molar-refractivity contribution in [1.29, 1.82) is 0 Å². The maximum atomic E-state index is 12.4. The smallest absolute Gasteiger partial charge is 0.303 e. The highest BCUT2D eigenvalue weighted by molar-refractivity contribution is 5.79. The Morgan fingerprint density at radius 2 is 1.74 bits per heavy atom. The van der Waals surface area contributed by atoms with Crippen LogP contribution < -0.4 is 0 Å². The maximum absolute atomic E-state index is 12.4. The topological polar surface area (TPSA) is 107 Å². The zero-order valence-corrected chi connectivity index (χ0v) is 21.9. The number of Topliss-reactive ketones (excluding diaryl/α,β-unsaturated/α-hetero) is 1. The molecule has 4 aliphatic rings. The van der Waals surface area contributed by atoms with E-state index in [1.165, 1.54) is 13.8 Å². The highest BCUT2D eigenvalue weighted by atomic mass is 16.5. The molecule has 0 amide bonds. The fourth-order valence-electron chi connectivity index (χ4n) is 9.16. The normalized spacial score (nSPS) is 43.3. The van der Waals surface area contributed by atoms with Gasteiger partial charge in [-0.15, -0.1) is 0 Å². The van der Waals surface area contributed by atoms with Crippen LogP contribution in [0.25, 0.3) is 0 Å². The van der Waals surface area contributed by atoms with Gasteiger partial charge in [-0.05, 0) is 73.5 Å². The van der Waals surface area contributed by atoms with Crippen LogP contribution in [0, 0.1) is 46.3 Å². The summed E-state index contributed by atoms with van der Waals surface area (Å²) in [4.78, 5) is 48.2. The minimum atomic E-state index is -0.787. The molecule has 0 spiro atoms. The Hall–Kier alpha value is -1.92. The number of ether oxygens (including phenoxy) is 2. The van der Waals surface area contributed by atoms with Crippen LogP contribution in [0.3, 0.4) is 0 Å². The Balaban J connectivity index is 1.74. The third-order valence-electron chi connectivity index (χ3n) is 10.7. The minimum Gasteiger partial charge on any atom is -0.481 e. The average Bonchev–Trinajstić information content (AvgIpc) is 3.11. The lowest BCUT2D eigenvalue weighted by Crippen LogP contribution is -2.63. The minimum absolute atomic E-state index is 0.0536. The van der Waals surface area contributed by atoms with Crippen molar-refractivity contribution in [3.63, 3.8) is 0 Å². The second-order valence-electron chi connectivity index (χ2n) is 12.4. The highest BCUT2D eigenvalue weighted by Crippen LogP contribution is 2.69. The first-order valence-electron chi connectivity index (χ1n) is 13.5. The van der Waals surface area contributed by atoms with E-state index in [1.54, 1.807) is 0 Å². The van der Waals surface area contributed by atoms with Crippen molar-refractivity contribution in [2.24, 2.45) is 46.3 Å². The fourth-order valence-corrected chi connectivity index (χ4v) is 9.16. The van der Waals surface area contributed by atoms with Crippen LogP contribution in [-0.2, 0) is 28.7 Å². The van der Waals surface area contributed by atoms with Crippen LogP contribution in [0.15, 0.2) is 0 Å². The van der Waals surface area contributed by atoms with E-state index in [-0.39, 0.29) is 82.7 Å². The predicted octanol–water partition coefficient (Wildman–Crippen LogP) is 4.80. The third kappa shape index (κ3) is 4.53. The number of carbonyl (C=O) groups excluding carboxylic acids is 3. The molecule has 0 aliphatic heterocycles. The summed E-state index contributed by atoms with van der Waals surface area (Å²) in [6.07, 6.45) is 5.50. The molecule has 0 aromatic heterocycles. The van der Waals surface area contributed by atoms with Crippen LogP contribution in [-0.4, -0.2) is 41.0 Å². The molecular weight excluding hydrogens is 448 g/mol. The Labute approximate surface area is 208 Å². The van der Waals surface area contributed by atoms with Gasteiger partial charge in [0.15, 0.2) is 0 Å². The lowest BCUT2D eigenvalue weighted by molar-refractivity contribution is -0.219. The zero-order valence-electron chi connectivity index (χ0n) is 21.9. The lowest BCUT2D eigenvalue weighted by Gasteiger charge is -2.63. The van der Waals surface area contributed by atoms with Gasteiger partial charge in [0.1, 0.15) is 18.0 Å². The molecule has 0 saturated heterocycles. The third-order valence-corrected chi connectivity index (χ3v) is 10.7. The molecule has 0 aromatic rings. The Morgan fingerprint density at radius 1 is 1.06 bits per heavy atom. The van der Waals surface area contributed by atoms with Gasteiger partial charge in [0.05, 0.1) is 0 Å². The van der Waals surface area contributed by atoms with Crippen LogP contribution >= 0.6 is 0 Å². The summed E-state index contributed by atoms with van der Waals surface area (Å²) in [5.41, 5.74) is -0.362. The number of carbonyl (C=O) groups is 4. The van der Waals surface area contributed by atoms with Crippen molar-refractivity contribution in [2.75, 3.05) is 0 Å². The largest absolute Gasteiger partial charge is 0.481 e. The summed E-state index contributed by atoms with van der Waals surface area (Å²) in [7, 11) is 0. The summed E-state index contributed by atoms with van der Waals surface area (Å²) in [5.74, 6) is 0.0817. The summed E-state index contributed by atoms with van der Waals surface area (Å²) >= 11 is 0. The average molecular weight is 491 g/mol. The second kappa shape index (κ2) is 9.51. The number of esters is 2. The predicted molar refractivity (Wildman–Crippen MR) is 128 cm³/mol. The molecule has 0 unspecified atom stereocenters. The summed E-state index contributed by atoms with van der Waals surface area (Å²) in [6, 6.07) is 0. The van der Waals surface area contributed by atoms with Crippen LogP contribution in [0.1, 0.15) is 92.4 Å². The lowest BCUT2D eigenvalue weighted by atomic mass is 9.43. The number of carboxylic acid groups (broad SMARTS) is 1. The van der Waals surface area contributed by atoms with Gasteiger partial charge in [0, 0.05) is 44.4 Å². The number of hydrogen-bond acceptors (Lipinski definition) is 6. The monoisotopic (exact) mass is 490 g/mol. The number of fused-ring (bicyclic) bond motifs is 5. The molecule has 7 heteroatoms. The molecule has 0 radical (unpaired) electrons. The number of ketones is 1. The van der Waals surface area contributed by atoms with E-state index in [1.807, 2.05) is 0 Å². The standard InChI is InChI=1S/C28H42O7/c1-15(6-9-25(32)33)20-7-8-21-26-22(14-24(28(20,21)5)35-17(3)30)27(4)11-10-19(31)12-18(27)13-23(26)34-16(2)29/h15,18,20-24,26H,6-14H2,1-5H3,(H,32,33)/t15-,18+,20-,21+,22-,23-,24+,26+,27+,28-/m1/s1. The van der Waals surface area contributed by atoms with E-state index in [0.717, 1.165) is 19.3 Å². The van der Waals surface area contributed by atoms with Gasteiger partial charge in [-0.1, -0.05) is 20.8 Å². The van der Waals surface area contributed by atoms with E-state index < -0.39 is 5.97 Å². The fraction of sp³-hybridized carbons (Fsp3) is 0.857. The molecule has 196 valence electrons. The van der Waals surface area contributed by atoms with E-state index in [2.05, 4.69) is 20.8 Å². The number of rotatable bonds is 6. The first-order valence-corrected chi connectivity index (χ1v) is 13.5. The molecular formula is C28H42O7. The maximum Gasteiger partial charge on any atom is 0.303 e. The summed E-state index contributed by atoms with van der Waals surface area (Å²) in [6.45, 7) is 9.60. The number of carboxylic acids is 1. The van der Waals surface area contributed by atoms with E-state index in [0.29, 0.717) is 32.1 Å². The Morgan fingerprint density at radius 3 is 2.37 bits per heavy atom. The molecule has 1 N–H and O–H groups in total. The van der Waals surface area contributed by atoms with Gasteiger partial charge in [0.2, 0.25) is 0 Å². The van der Waals surface area contributed by atoms with Crippen molar-refractivity contribution in [2.45, 2.75) is 105 Å². The van der Waals surface area contributed by atoms with Crippen molar-refractivity contribution in [3.05, 3.63) is 0 Å². The summed E-state index contributed by atoms with van der Waals surface area (Å²) < 4.78 is 12.1. The molecule has 0 aromatic carbocycles. The van der Waals surface area contributed by atoms with Gasteiger partial charge in [-0.25, -0.2) is 0 Å². The molecule has 4 fully saturated rings. The molecule has 7 nitrogen and oxygen atoms in total. The molecule has 0 bridgehead atoms. The molecule has 10 atom stereocenters. The SMILES string of the molecule is CC(=O)O[C@H]1C[C@@H]2[C@@H]([C@H](OC(C)=O)C[C@@H]3CC(=O)CC[C@@]32C)[C@@H]2CC[C@H]([C@H](C)CCC(=O)O)[C@@]12C. The quantitative estimate of drug-likeness (QED) is 0.533. The Kier molecular flexibility index (Phi) is 7.11. The number of aliphatic carboxylic acids is 1. The van der Waals surface area contributed by atoms with Crippen molar-refractivity contribution in [3.8, 4) is 0 Å².